The Kier molecular flexibility index (Phi) is 5.10. The van der Waals surface area contributed by atoms with Crippen LogP contribution < -0.4 is 5.32 Å². The molecule has 30 heavy (non-hydrogen) atoms. The highest BCUT2D eigenvalue weighted by Gasteiger charge is 2.55. The van der Waals surface area contributed by atoms with E-state index in [2.05, 4.69) is 31.3 Å². The third-order valence-electron chi connectivity index (χ3n) is 6.21. The molecular weight excluding hydrogens is 378 g/mol. The first kappa shape index (κ1) is 20.1. The summed E-state index contributed by atoms with van der Waals surface area (Å²) in [6.45, 7) is 4.44. The normalized spacial score (nSPS) is 20.1. The molecule has 4 rings (SSSR count). The van der Waals surface area contributed by atoms with Crippen molar-refractivity contribution in [3.05, 3.63) is 70.8 Å². The van der Waals surface area contributed by atoms with Crippen LogP contribution in [0.15, 0.2) is 48.5 Å². The van der Waals surface area contributed by atoms with Crippen molar-refractivity contribution in [2.75, 3.05) is 13.6 Å². The lowest BCUT2D eigenvalue weighted by atomic mass is 9.92. The lowest BCUT2D eigenvalue weighted by Crippen LogP contribution is -2.44. The number of hydrogen-bond acceptors (Lipinski definition) is 3. The lowest BCUT2D eigenvalue weighted by Gasteiger charge is -2.23. The molecule has 6 nitrogen and oxygen atoms in total. The first-order valence-corrected chi connectivity index (χ1v) is 10.4. The van der Waals surface area contributed by atoms with E-state index in [4.69, 9.17) is 0 Å². The van der Waals surface area contributed by atoms with Gasteiger partial charge in [0, 0.05) is 13.6 Å². The van der Waals surface area contributed by atoms with Gasteiger partial charge in [-0.1, -0.05) is 62.4 Å². The SMILES string of the molecule is CC(C)c1ccc(CN(C)C(=O)CN2C(=O)NC3(CCc4ccccc43)C2=O)cc1. The topological polar surface area (TPSA) is 69.7 Å². The zero-order valence-corrected chi connectivity index (χ0v) is 17.6. The van der Waals surface area contributed by atoms with Gasteiger partial charge >= 0.3 is 6.03 Å². The molecule has 2 aliphatic rings. The molecule has 2 aromatic carbocycles. The lowest BCUT2D eigenvalue weighted by molar-refractivity contribution is -0.138. The van der Waals surface area contributed by atoms with Crippen molar-refractivity contribution in [3.63, 3.8) is 0 Å². The van der Waals surface area contributed by atoms with Crippen LogP contribution in [-0.2, 0) is 28.1 Å². The number of amides is 4. The quantitative estimate of drug-likeness (QED) is 0.777. The molecule has 1 saturated heterocycles. The van der Waals surface area contributed by atoms with Gasteiger partial charge in [0.05, 0.1) is 0 Å². The summed E-state index contributed by atoms with van der Waals surface area (Å²) >= 11 is 0. The summed E-state index contributed by atoms with van der Waals surface area (Å²) in [4.78, 5) is 41.2. The van der Waals surface area contributed by atoms with Crippen LogP contribution in [0.2, 0.25) is 0 Å². The number of rotatable bonds is 5. The molecular formula is C24H27N3O3. The summed E-state index contributed by atoms with van der Waals surface area (Å²) in [6, 6.07) is 15.3. The minimum absolute atomic E-state index is 0.255. The van der Waals surface area contributed by atoms with E-state index in [9.17, 15) is 14.4 Å². The van der Waals surface area contributed by atoms with Crippen molar-refractivity contribution in [1.82, 2.24) is 15.1 Å². The van der Waals surface area contributed by atoms with Crippen LogP contribution in [0.4, 0.5) is 4.79 Å². The van der Waals surface area contributed by atoms with E-state index in [-0.39, 0.29) is 18.4 Å². The number of nitrogens with one attached hydrogen (secondary N) is 1. The summed E-state index contributed by atoms with van der Waals surface area (Å²) in [5.74, 6) is -0.151. The molecule has 4 amide bonds. The van der Waals surface area contributed by atoms with Crippen molar-refractivity contribution < 1.29 is 14.4 Å². The first-order chi connectivity index (χ1) is 14.3. The van der Waals surface area contributed by atoms with Gasteiger partial charge < -0.3 is 10.2 Å². The minimum atomic E-state index is -1.03. The number of urea groups is 1. The van der Waals surface area contributed by atoms with Gasteiger partial charge in [-0.25, -0.2) is 4.79 Å². The average Bonchev–Trinajstić information content (AvgIpc) is 3.21. The molecule has 2 aromatic rings. The Morgan fingerprint density at radius 1 is 1.13 bits per heavy atom. The maximum atomic E-state index is 13.2. The van der Waals surface area contributed by atoms with E-state index in [1.54, 1.807) is 11.9 Å². The molecule has 0 aromatic heterocycles. The number of likely N-dealkylation sites (N-methyl/N-ethyl adjacent to an activating group) is 1. The first-order valence-electron chi connectivity index (χ1n) is 10.4. The zero-order valence-electron chi connectivity index (χ0n) is 17.6. The Bertz CT molecular complexity index is 999. The van der Waals surface area contributed by atoms with Gasteiger partial charge in [0.2, 0.25) is 5.91 Å². The van der Waals surface area contributed by atoms with E-state index < -0.39 is 11.6 Å². The standard InChI is InChI=1S/C24H27N3O3/c1-16(2)18-10-8-17(9-11-18)14-26(3)21(28)15-27-22(29)24(25-23(27)30)13-12-19-6-4-5-7-20(19)24/h4-11,16H,12-15H2,1-3H3,(H,25,30). The summed E-state index contributed by atoms with van der Waals surface area (Å²) in [5, 5.41) is 2.86. The number of hydrogen-bond donors (Lipinski definition) is 1. The largest absolute Gasteiger partial charge is 0.340 e. The highest BCUT2D eigenvalue weighted by Crippen LogP contribution is 2.41. The third-order valence-corrected chi connectivity index (χ3v) is 6.21. The number of aryl methyl sites for hydroxylation is 1. The van der Waals surface area contributed by atoms with Crippen molar-refractivity contribution >= 4 is 17.8 Å². The fourth-order valence-electron chi connectivity index (χ4n) is 4.36. The summed E-state index contributed by atoms with van der Waals surface area (Å²) < 4.78 is 0. The predicted octanol–water partition coefficient (Wildman–Crippen LogP) is 3.16. The van der Waals surface area contributed by atoms with Crippen molar-refractivity contribution in [2.24, 2.45) is 0 Å². The fourth-order valence-corrected chi connectivity index (χ4v) is 4.36. The van der Waals surface area contributed by atoms with Crippen LogP contribution in [-0.4, -0.2) is 41.2 Å². The van der Waals surface area contributed by atoms with Gasteiger partial charge in [0.25, 0.3) is 5.91 Å². The zero-order chi connectivity index (χ0) is 21.5. The molecule has 1 aliphatic carbocycles. The number of carbonyl (C=O) groups is 3. The van der Waals surface area contributed by atoms with Crippen LogP contribution in [0, 0.1) is 0 Å². The molecule has 1 aliphatic heterocycles. The Morgan fingerprint density at radius 3 is 2.53 bits per heavy atom. The number of benzene rings is 2. The van der Waals surface area contributed by atoms with Crippen molar-refractivity contribution in [3.8, 4) is 0 Å². The van der Waals surface area contributed by atoms with E-state index in [0.717, 1.165) is 28.0 Å². The molecule has 0 radical (unpaired) electrons. The van der Waals surface area contributed by atoms with Crippen LogP contribution >= 0.6 is 0 Å². The van der Waals surface area contributed by atoms with E-state index >= 15 is 0 Å². The van der Waals surface area contributed by atoms with Crippen LogP contribution in [0.5, 0.6) is 0 Å². The van der Waals surface area contributed by atoms with Crippen LogP contribution in [0.1, 0.15) is 48.4 Å². The Hall–Kier alpha value is -3.15. The molecule has 156 valence electrons. The van der Waals surface area contributed by atoms with Crippen LogP contribution in [0.25, 0.3) is 0 Å². The summed E-state index contributed by atoms with van der Waals surface area (Å²) in [6.07, 6.45) is 1.26. The van der Waals surface area contributed by atoms with Gasteiger partial charge in [0.1, 0.15) is 12.1 Å². The molecule has 1 spiro atoms. The van der Waals surface area contributed by atoms with E-state index in [1.807, 2.05) is 36.4 Å². The highest BCUT2D eigenvalue weighted by atomic mass is 16.2. The summed E-state index contributed by atoms with van der Waals surface area (Å²) in [5.41, 5.74) is 3.14. The predicted molar refractivity (Wildman–Crippen MR) is 114 cm³/mol. The van der Waals surface area contributed by atoms with E-state index in [0.29, 0.717) is 18.9 Å². The second-order valence-corrected chi connectivity index (χ2v) is 8.53. The van der Waals surface area contributed by atoms with Crippen LogP contribution in [0.3, 0.4) is 0 Å². The Balaban J connectivity index is 1.44. The van der Waals surface area contributed by atoms with Gasteiger partial charge in [-0.3, -0.25) is 14.5 Å². The molecule has 6 heteroatoms. The molecule has 0 saturated carbocycles. The Labute approximate surface area is 176 Å². The fraction of sp³-hybridized carbons (Fsp3) is 0.375. The minimum Gasteiger partial charge on any atom is -0.340 e. The number of carbonyl (C=O) groups excluding carboxylic acids is 3. The molecule has 1 heterocycles. The van der Waals surface area contributed by atoms with Gasteiger partial charge in [-0.15, -0.1) is 0 Å². The molecule has 1 atom stereocenters. The third kappa shape index (κ3) is 3.36. The van der Waals surface area contributed by atoms with Gasteiger partial charge in [0.15, 0.2) is 0 Å². The molecule has 1 N–H and O–H groups in total. The van der Waals surface area contributed by atoms with Crippen molar-refractivity contribution in [2.45, 2.75) is 44.7 Å². The van der Waals surface area contributed by atoms with E-state index in [1.165, 1.54) is 5.56 Å². The van der Waals surface area contributed by atoms with Gasteiger partial charge in [-0.05, 0) is 41.0 Å². The second kappa shape index (κ2) is 7.59. The number of imide groups is 1. The maximum absolute atomic E-state index is 13.2. The smallest absolute Gasteiger partial charge is 0.325 e. The van der Waals surface area contributed by atoms with Crippen molar-refractivity contribution in [1.29, 1.82) is 0 Å². The second-order valence-electron chi connectivity index (χ2n) is 8.53. The average molecular weight is 405 g/mol. The Morgan fingerprint density at radius 2 is 1.83 bits per heavy atom. The number of nitrogens with zero attached hydrogens (tertiary/aromatic N) is 2. The molecule has 1 unspecified atom stereocenters. The highest BCUT2D eigenvalue weighted by molar-refractivity contribution is 6.09. The maximum Gasteiger partial charge on any atom is 0.325 e. The summed E-state index contributed by atoms with van der Waals surface area (Å²) in [7, 11) is 1.69. The van der Waals surface area contributed by atoms with Gasteiger partial charge in [-0.2, -0.15) is 0 Å². The molecule has 0 bridgehead atoms. The monoisotopic (exact) mass is 405 g/mol. The molecule has 1 fully saturated rings. The number of fused-ring (bicyclic) bond motifs is 2.